The summed E-state index contributed by atoms with van der Waals surface area (Å²) in [6, 6.07) is 0. The fourth-order valence-corrected chi connectivity index (χ4v) is 1.25. The molecule has 0 aliphatic heterocycles. The third-order valence-corrected chi connectivity index (χ3v) is 1.99. The highest BCUT2D eigenvalue weighted by Gasteiger charge is 2.34. The lowest BCUT2D eigenvalue weighted by atomic mass is 10.9. The predicted molar refractivity (Wildman–Crippen MR) is 48.1 cm³/mol. The highest BCUT2D eigenvalue weighted by molar-refractivity contribution is 6.50. The molecule has 0 aliphatic carbocycles. The van der Waals surface area contributed by atoms with Gasteiger partial charge in [0.25, 0.3) is 0 Å². The molecule has 0 amide bonds. The molecule has 0 radical (unpaired) electrons. The molecule has 0 aromatic carbocycles. The molecule has 0 aliphatic rings. The molecule has 0 fully saturated rings. The molecule has 0 spiro atoms. The van der Waals surface area contributed by atoms with Gasteiger partial charge in [0.05, 0.1) is 0 Å². The van der Waals surface area contributed by atoms with Crippen molar-refractivity contribution < 1.29 is 37.6 Å². The van der Waals surface area contributed by atoms with E-state index in [0.717, 1.165) is 0 Å². The van der Waals surface area contributed by atoms with E-state index in [-0.39, 0.29) is 13.2 Å². The van der Waals surface area contributed by atoms with E-state index in [0.29, 0.717) is 0 Å². The van der Waals surface area contributed by atoms with Crippen LogP contribution in [0, 0.1) is 0 Å². The summed E-state index contributed by atoms with van der Waals surface area (Å²) in [7, 11) is -8.31. The van der Waals surface area contributed by atoms with E-state index in [1.807, 2.05) is 0 Å². The highest BCUT2D eigenvalue weighted by Crippen LogP contribution is 1.95. The SMILES string of the molecule is CCO[Si](O)(O)OCC.O[Si](O)(O)O. The molecule has 0 unspecified atom stereocenters. The van der Waals surface area contributed by atoms with Crippen molar-refractivity contribution in [3.63, 3.8) is 0 Å². The van der Waals surface area contributed by atoms with Gasteiger partial charge in [0.1, 0.15) is 0 Å². The number of hydrogen-bond acceptors (Lipinski definition) is 8. The first kappa shape index (κ1) is 16.5. The van der Waals surface area contributed by atoms with Gasteiger partial charge in [0.2, 0.25) is 0 Å². The highest BCUT2D eigenvalue weighted by atomic mass is 28.4. The molecule has 0 aromatic heterocycles. The van der Waals surface area contributed by atoms with E-state index >= 15 is 0 Å². The lowest BCUT2D eigenvalue weighted by Crippen LogP contribution is -2.42. The third kappa shape index (κ3) is 22.7. The van der Waals surface area contributed by atoms with Gasteiger partial charge >= 0.3 is 18.1 Å². The van der Waals surface area contributed by atoms with Crippen LogP contribution in [0.25, 0.3) is 0 Å². The second-order valence-corrected chi connectivity index (χ2v) is 4.89. The van der Waals surface area contributed by atoms with Crippen molar-refractivity contribution in [3.8, 4) is 0 Å². The first-order chi connectivity index (χ1) is 6.12. The monoisotopic (exact) mass is 248 g/mol. The Morgan fingerprint density at radius 3 is 1.14 bits per heavy atom. The molecule has 0 saturated heterocycles. The molecule has 14 heavy (non-hydrogen) atoms. The van der Waals surface area contributed by atoms with Gasteiger partial charge < -0.3 is 37.6 Å². The molecule has 0 bridgehead atoms. The second-order valence-electron chi connectivity index (χ2n) is 2.01. The zero-order valence-corrected chi connectivity index (χ0v) is 9.91. The fraction of sp³-hybridized carbons (Fsp3) is 1.00. The molecule has 8 nitrogen and oxygen atoms in total. The van der Waals surface area contributed by atoms with Crippen LogP contribution in [0.2, 0.25) is 0 Å². The Hall–Kier alpha value is 0.114. The Balaban J connectivity index is 0. The van der Waals surface area contributed by atoms with Gasteiger partial charge in [-0.1, -0.05) is 0 Å². The number of hydrogen-bond donors (Lipinski definition) is 6. The van der Waals surface area contributed by atoms with E-state index in [9.17, 15) is 0 Å². The van der Waals surface area contributed by atoms with Gasteiger partial charge in [0.15, 0.2) is 0 Å². The van der Waals surface area contributed by atoms with Crippen LogP contribution in [0.1, 0.15) is 13.8 Å². The van der Waals surface area contributed by atoms with Gasteiger partial charge in [-0.3, -0.25) is 0 Å². The van der Waals surface area contributed by atoms with Crippen LogP contribution in [0.15, 0.2) is 0 Å². The summed E-state index contributed by atoms with van der Waals surface area (Å²) in [5, 5.41) is 0. The van der Waals surface area contributed by atoms with Crippen LogP contribution in [0.5, 0.6) is 0 Å². The van der Waals surface area contributed by atoms with Crippen molar-refractivity contribution in [1.29, 1.82) is 0 Å². The van der Waals surface area contributed by atoms with Crippen molar-refractivity contribution in [1.82, 2.24) is 0 Å². The van der Waals surface area contributed by atoms with Crippen LogP contribution < -0.4 is 0 Å². The van der Waals surface area contributed by atoms with Crippen LogP contribution in [-0.4, -0.2) is 60.1 Å². The Labute approximate surface area is 83.6 Å². The summed E-state index contributed by atoms with van der Waals surface area (Å²) < 4.78 is 8.99. The van der Waals surface area contributed by atoms with Crippen LogP contribution in [0.3, 0.4) is 0 Å². The zero-order chi connectivity index (χ0) is 11.8. The molecular formula is C4H16O8Si2. The quantitative estimate of drug-likeness (QED) is 0.287. The molecule has 0 heterocycles. The molecule has 0 atom stereocenters. The lowest BCUT2D eigenvalue weighted by Gasteiger charge is -2.13. The number of rotatable bonds is 4. The van der Waals surface area contributed by atoms with Gasteiger partial charge in [-0.2, -0.15) is 0 Å². The van der Waals surface area contributed by atoms with Crippen LogP contribution >= 0.6 is 0 Å². The Bertz CT molecular complexity index is 120. The van der Waals surface area contributed by atoms with Crippen molar-refractivity contribution in [2.45, 2.75) is 13.8 Å². The maximum atomic E-state index is 8.76. The van der Waals surface area contributed by atoms with Crippen LogP contribution in [-0.2, 0) is 8.85 Å². The smallest absolute Gasteiger partial charge is 0.368 e. The van der Waals surface area contributed by atoms with E-state index in [4.69, 9.17) is 28.8 Å². The van der Waals surface area contributed by atoms with Crippen molar-refractivity contribution in [2.24, 2.45) is 0 Å². The summed E-state index contributed by atoms with van der Waals surface area (Å²) >= 11 is 0. The topological polar surface area (TPSA) is 140 Å². The van der Waals surface area contributed by atoms with E-state index in [2.05, 4.69) is 8.85 Å². The summed E-state index contributed by atoms with van der Waals surface area (Å²) in [5.74, 6) is 0. The average Bonchev–Trinajstić information content (AvgIpc) is 1.81. The first-order valence-corrected chi connectivity index (χ1v) is 7.24. The van der Waals surface area contributed by atoms with Gasteiger partial charge in [0, 0.05) is 13.2 Å². The Kier molecular flexibility index (Phi) is 8.76. The normalized spacial score (nSPS) is 12.0. The maximum Gasteiger partial charge on any atom is 0.674 e. The third-order valence-electron chi connectivity index (χ3n) is 0.665. The zero-order valence-electron chi connectivity index (χ0n) is 7.91. The maximum absolute atomic E-state index is 8.76. The fourth-order valence-electron chi connectivity index (χ4n) is 0.418. The largest absolute Gasteiger partial charge is 0.674 e. The molecule has 0 saturated carbocycles. The summed E-state index contributed by atoms with van der Waals surface area (Å²) in [6.07, 6.45) is 0. The van der Waals surface area contributed by atoms with Crippen molar-refractivity contribution >= 4 is 18.1 Å². The minimum Gasteiger partial charge on any atom is -0.368 e. The molecule has 0 rings (SSSR count). The van der Waals surface area contributed by atoms with Crippen LogP contribution in [0.4, 0.5) is 0 Å². The average molecular weight is 248 g/mol. The minimum absolute atomic E-state index is 0.263. The molecule has 88 valence electrons. The van der Waals surface area contributed by atoms with E-state index in [1.54, 1.807) is 13.8 Å². The lowest BCUT2D eigenvalue weighted by molar-refractivity contribution is 0.0318. The predicted octanol–water partition coefficient (Wildman–Crippen LogP) is -3.13. The Morgan fingerprint density at radius 2 is 1.00 bits per heavy atom. The summed E-state index contributed by atoms with van der Waals surface area (Å²) in [4.78, 5) is 46.8. The van der Waals surface area contributed by atoms with Gasteiger partial charge in [-0.05, 0) is 13.8 Å². The standard InChI is InChI=1S/C4H12O4Si.H4O4Si/c1-3-7-9(5,6)8-4-2;1-5(2,3)4/h5-6H,3-4H2,1-2H3;1-4H. The summed E-state index contributed by atoms with van der Waals surface area (Å²) in [5.41, 5.74) is 0. The van der Waals surface area contributed by atoms with E-state index in [1.165, 1.54) is 0 Å². The molecule has 10 heteroatoms. The Morgan fingerprint density at radius 1 is 0.786 bits per heavy atom. The van der Waals surface area contributed by atoms with Gasteiger partial charge in [-0.15, -0.1) is 0 Å². The van der Waals surface area contributed by atoms with Crippen molar-refractivity contribution in [3.05, 3.63) is 0 Å². The van der Waals surface area contributed by atoms with Crippen molar-refractivity contribution in [2.75, 3.05) is 13.2 Å². The first-order valence-electron chi connectivity index (χ1n) is 3.74. The minimum atomic E-state index is -4.61. The summed E-state index contributed by atoms with van der Waals surface area (Å²) in [6.45, 7) is 3.87. The van der Waals surface area contributed by atoms with Gasteiger partial charge in [-0.25, -0.2) is 0 Å². The second kappa shape index (κ2) is 7.41. The van der Waals surface area contributed by atoms with E-state index < -0.39 is 18.1 Å². The molecule has 6 N–H and O–H groups in total. The molecular weight excluding hydrogens is 232 g/mol. The molecule has 0 aromatic rings.